The Balaban J connectivity index is 2.20. The van der Waals surface area contributed by atoms with Gasteiger partial charge in [0.25, 0.3) is 0 Å². The number of halogens is 3. The summed E-state index contributed by atoms with van der Waals surface area (Å²) < 4.78 is 40.2. The normalized spacial score (nSPS) is 15.0. The highest BCUT2D eigenvalue weighted by atomic mass is 19.4. The van der Waals surface area contributed by atoms with Gasteiger partial charge in [0.05, 0.1) is 0 Å². The van der Waals surface area contributed by atoms with Gasteiger partial charge in [-0.3, -0.25) is 0 Å². The fourth-order valence-corrected chi connectivity index (χ4v) is 2.24. The number of hydrogen-bond donors (Lipinski definition) is 0. The third kappa shape index (κ3) is 3.28. The first kappa shape index (κ1) is 13.0. The second-order valence-corrected chi connectivity index (χ2v) is 4.46. The van der Waals surface area contributed by atoms with E-state index in [4.69, 9.17) is 0 Å². The van der Waals surface area contributed by atoms with Gasteiger partial charge in [-0.15, -0.1) is 13.2 Å². The first-order valence-corrected chi connectivity index (χ1v) is 6.06. The van der Waals surface area contributed by atoms with Gasteiger partial charge >= 0.3 is 6.36 Å². The molecule has 0 aliphatic heterocycles. The second kappa shape index (κ2) is 5.04. The number of benzene rings is 1. The number of ether oxygens (including phenoxy) is 1. The Morgan fingerprint density at radius 2 is 2.00 bits per heavy atom. The summed E-state index contributed by atoms with van der Waals surface area (Å²) in [4.78, 5) is 0. The van der Waals surface area contributed by atoms with E-state index in [0.29, 0.717) is 0 Å². The second-order valence-electron chi connectivity index (χ2n) is 4.46. The van der Waals surface area contributed by atoms with Gasteiger partial charge in [-0.1, -0.05) is 31.1 Å². The number of hydrogen-bond acceptors (Lipinski definition) is 1. The average Bonchev–Trinajstić information content (AvgIpc) is 2.27. The van der Waals surface area contributed by atoms with E-state index in [0.717, 1.165) is 36.8 Å². The molecule has 0 saturated carbocycles. The van der Waals surface area contributed by atoms with Gasteiger partial charge < -0.3 is 4.74 Å². The molecule has 1 nitrogen and oxygen atoms in total. The van der Waals surface area contributed by atoms with Crippen molar-refractivity contribution in [2.45, 2.75) is 39.0 Å². The maximum Gasteiger partial charge on any atom is 0.573 e. The third-order valence-electron chi connectivity index (χ3n) is 2.99. The first-order valence-electron chi connectivity index (χ1n) is 6.06. The van der Waals surface area contributed by atoms with Crippen molar-refractivity contribution in [2.24, 2.45) is 0 Å². The Morgan fingerprint density at radius 3 is 2.67 bits per heavy atom. The number of rotatable bonds is 3. The molecule has 0 bridgehead atoms. The zero-order valence-electron chi connectivity index (χ0n) is 10.2. The number of alkyl halides is 3. The molecule has 0 heterocycles. The van der Waals surface area contributed by atoms with Crippen molar-refractivity contribution in [1.82, 2.24) is 0 Å². The van der Waals surface area contributed by atoms with Crippen LogP contribution in [0.25, 0.3) is 6.08 Å². The molecule has 2 rings (SSSR count). The number of allylic oxidation sites excluding steroid dienone is 1. The molecule has 98 valence electrons. The van der Waals surface area contributed by atoms with E-state index in [9.17, 15) is 13.2 Å². The van der Waals surface area contributed by atoms with E-state index in [1.165, 1.54) is 17.7 Å². The van der Waals surface area contributed by atoms with Crippen molar-refractivity contribution in [3.05, 3.63) is 34.9 Å². The Hall–Kier alpha value is -1.45. The van der Waals surface area contributed by atoms with E-state index < -0.39 is 6.36 Å². The number of aryl methyl sites for hydroxylation is 1. The standard InChI is InChI=1S/C14H15F3O/c1-2-3-10-4-5-12-9-13(18-14(15,16)17)7-6-11(12)8-10/h6-9H,2-5H2,1H3. The van der Waals surface area contributed by atoms with Crippen LogP contribution in [0.2, 0.25) is 0 Å². The predicted octanol–water partition coefficient (Wildman–Crippen LogP) is 4.71. The van der Waals surface area contributed by atoms with Crippen molar-refractivity contribution in [3.63, 3.8) is 0 Å². The predicted molar refractivity (Wildman–Crippen MR) is 64.3 cm³/mol. The highest BCUT2D eigenvalue weighted by Crippen LogP contribution is 2.31. The molecule has 0 saturated heterocycles. The Kier molecular flexibility index (Phi) is 3.64. The van der Waals surface area contributed by atoms with Crippen molar-refractivity contribution >= 4 is 6.08 Å². The summed E-state index contributed by atoms with van der Waals surface area (Å²) in [7, 11) is 0. The van der Waals surface area contributed by atoms with E-state index in [1.807, 2.05) is 0 Å². The van der Waals surface area contributed by atoms with Gasteiger partial charge in [-0.2, -0.15) is 0 Å². The maximum atomic E-state index is 12.1. The van der Waals surface area contributed by atoms with Crippen LogP contribution in [0.3, 0.4) is 0 Å². The lowest BCUT2D eigenvalue weighted by Crippen LogP contribution is -2.17. The molecule has 1 aliphatic rings. The lowest BCUT2D eigenvalue weighted by molar-refractivity contribution is -0.274. The molecule has 0 atom stereocenters. The van der Waals surface area contributed by atoms with Crippen LogP contribution in [0.1, 0.15) is 37.3 Å². The smallest absolute Gasteiger partial charge is 0.406 e. The molecule has 0 N–H and O–H groups in total. The topological polar surface area (TPSA) is 9.23 Å². The minimum Gasteiger partial charge on any atom is -0.406 e. The van der Waals surface area contributed by atoms with Crippen LogP contribution in [0, 0.1) is 0 Å². The maximum absolute atomic E-state index is 12.1. The van der Waals surface area contributed by atoms with Crippen LogP contribution in [-0.4, -0.2) is 6.36 Å². The minimum absolute atomic E-state index is 0.131. The highest BCUT2D eigenvalue weighted by molar-refractivity contribution is 5.60. The first-order chi connectivity index (χ1) is 8.48. The van der Waals surface area contributed by atoms with E-state index >= 15 is 0 Å². The molecule has 1 aromatic rings. The van der Waals surface area contributed by atoms with Gasteiger partial charge in [0.2, 0.25) is 0 Å². The molecule has 1 aromatic carbocycles. The quantitative estimate of drug-likeness (QED) is 0.760. The van der Waals surface area contributed by atoms with Crippen molar-refractivity contribution in [2.75, 3.05) is 0 Å². The highest BCUT2D eigenvalue weighted by Gasteiger charge is 2.31. The molecule has 0 spiro atoms. The molecule has 0 unspecified atom stereocenters. The van der Waals surface area contributed by atoms with Crippen LogP contribution in [0.4, 0.5) is 13.2 Å². The summed E-state index contributed by atoms with van der Waals surface area (Å²) in [5, 5.41) is 0. The monoisotopic (exact) mass is 256 g/mol. The molecule has 0 aromatic heterocycles. The molecule has 0 fully saturated rings. The molecule has 0 amide bonds. The van der Waals surface area contributed by atoms with Crippen molar-refractivity contribution < 1.29 is 17.9 Å². The van der Waals surface area contributed by atoms with Gasteiger partial charge in [0.1, 0.15) is 5.75 Å². The van der Waals surface area contributed by atoms with Crippen LogP contribution < -0.4 is 4.74 Å². The van der Waals surface area contributed by atoms with Gasteiger partial charge in [0, 0.05) is 0 Å². The van der Waals surface area contributed by atoms with E-state index in [-0.39, 0.29) is 5.75 Å². The summed E-state index contributed by atoms with van der Waals surface area (Å²) in [6, 6.07) is 4.56. The van der Waals surface area contributed by atoms with Gasteiger partial charge in [-0.25, -0.2) is 0 Å². The van der Waals surface area contributed by atoms with Crippen LogP contribution >= 0.6 is 0 Å². The lowest BCUT2D eigenvalue weighted by Gasteiger charge is -2.17. The summed E-state index contributed by atoms with van der Waals surface area (Å²) in [6.45, 7) is 2.12. The Bertz CT molecular complexity index is 461. The average molecular weight is 256 g/mol. The zero-order chi connectivity index (χ0) is 13.2. The summed E-state index contributed by atoms with van der Waals surface area (Å²) in [5.41, 5.74) is 3.31. The summed E-state index contributed by atoms with van der Waals surface area (Å²) >= 11 is 0. The van der Waals surface area contributed by atoms with Gasteiger partial charge in [0.15, 0.2) is 0 Å². The summed E-state index contributed by atoms with van der Waals surface area (Å²) in [5.74, 6) is -0.131. The molecular weight excluding hydrogens is 241 g/mol. The Labute approximate surface area is 104 Å². The van der Waals surface area contributed by atoms with Crippen molar-refractivity contribution in [3.8, 4) is 5.75 Å². The van der Waals surface area contributed by atoms with Crippen LogP contribution in [0.15, 0.2) is 23.8 Å². The molecule has 1 aliphatic carbocycles. The minimum atomic E-state index is -4.62. The summed E-state index contributed by atoms with van der Waals surface area (Å²) in [6.07, 6.45) is 1.33. The van der Waals surface area contributed by atoms with Crippen LogP contribution in [0.5, 0.6) is 5.75 Å². The molecule has 0 radical (unpaired) electrons. The third-order valence-corrected chi connectivity index (χ3v) is 2.99. The van der Waals surface area contributed by atoms with Gasteiger partial charge in [-0.05, 0) is 42.5 Å². The van der Waals surface area contributed by atoms with Crippen LogP contribution in [-0.2, 0) is 6.42 Å². The van der Waals surface area contributed by atoms with E-state index in [1.54, 1.807) is 6.07 Å². The Morgan fingerprint density at radius 1 is 1.22 bits per heavy atom. The largest absolute Gasteiger partial charge is 0.573 e. The SMILES string of the molecule is CCCC1=Cc2ccc(OC(F)(F)F)cc2CC1. The molecule has 4 heteroatoms. The van der Waals surface area contributed by atoms with E-state index in [2.05, 4.69) is 17.7 Å². The molecular formula is C14H15F3O. The fraction of sp³-hybridized carbons (Fsp3) is 0.429. The molecule has 18 heavy (non-hydrogen) atoms. The zero-order valence-corrected chi connectivity index (χ0v) is 10.2. The number of fused-ring (bicyclic) bond motifs is 1. The fourth-order valence-electron chi connectivity index (χ4n) is 2.24. The lowest BCUT2D eigenvalue weighted by atomic mass is 9.90. The van der Waals surface area contributed by atoms with Crippen molar-refractivity contribution in [1.29, 1.82) is 0 Å².